The monoisotopic (exact) mass is 385 g/mol. The van der Waals surface area contributed by atoms with E-state index < -0.39 is 0 Å². The molecule has 2 aliphatic rings. The van der Waals surface area contributed by atoms with E-state index >= 15 is 0 Å². The van der Waals surface area contributed by atoms with Gasteiger partial charge in [-0.3, -0.25) is 0 Å². The van der Waals surface area contributed by atoms with E-state index in [4.69, 9.17) is 20.2 Å². The van der Waals surface area contributed by atoms with Gasteiger partial charge in [-0.1, -0.05) is 11.3 Å². The van der Waals surface area contributed by atoms with E-state index in [1.54, 1.807) is 23.6 Å². The normalized spacial score (nSPS) is 19.0. The van der Waals surface area contributed by atoms with E-state index in [9.17, 15) is 0 Å². The first-order chi connectivity index (χ1) is 13.2. The van der Waals surface area contributed by atoms with Crippen molar-refractivity contribution in [3.8, 4) is 0 Å². The van der Waals surface area contributed by atoms with Crippen LogP contribution >= 0.6 is 11.3 Å². The first-order valence-corrected chi connectivity index (χ1v) is 9.65. The summed E-state index contributed by atoms with van der Waals surface area (Å²) in [5.41, 5.74) is 6.63. The Morgan fingerprint density at radius 3 is 2.74 bits per heavy atom. The number of rotatable bonds is 3. The smallest absolute Gasteiger partial charge is 0.186 e. The standard InChI is InChI=1S/C17H19N7O2S/c18-12-9-13(21-10-20-12)23-15-14-11(1-4-19-15)22-16(27-14)24-5-2-17(3-6-24)25-7-8-26-17/h1,4,9-10H,2-3,5-8H2,(H3,18,19,20,21,23). The lowest BCUT2D eigenvalue weighted by Crippen LogP contribution is -2.45. The fourth-order valence-corrected chi connectivity index (χ4v) is 4.51. The predicted molar refractivity (Wildman–Crippen MR) is 103 cm³/mol. The number of anilines is 4. The highest BCUT2D eigenvalue weighted by Crippen LogP contribution is 2.38. The summed E-state index contributed by atoms with van der Waals surface area (Å²) in [4.78, 5) is 19.6. The molecule has 2 saturated heterocycles. The van der Waals surface area contributed by atoms with Gasteiger partial charge in [-0.25, -0.2) is 19.9 Å². The van der Waals surface area contributed by atoms with Crippen molar-refractivity contribution in [3.05, 3.63) is 24.7 Å². The highest BCUT2D eigenvalue weighted by molar-refractivity contribution is 7.22. The lowest BCUT2D eigenvalue weighted by Gasteiger charge is -2.37. The summed E-state index contributed by atoms with van der Waals surface area (Å²) in [5, 5.41) is 4.20. The highest BCUT2D eigenvalue weighted by atomic mass is 32.1. The number of thiazole rings is 1. The molecule has 5 heterocycles. The largest absolute Gasteiger partial charge is 0.384 e. The minimum atomic E-state index is -0.381. The third-order valence-electron chi connectivity index (χ3n) is 4.84. The Morgan fingerprint density at radius 2 is 1.96 bits per heavy atom. The fraction of sp³-hybridized carbons (Fsp3) is 0.412. The van der Waals surface area contributed by atoms with Crippen LogP contribution in [-0.2, 0) is 9.47 Å². The van der Waals surface area contributed by atoms with Gasteiger partial charge in [-0.2, -0.15) is 0 Å². The van der Waals surface area contributed by atoms with Crippen LogP contribution in [0.5, 0.6) is 0 Å². The van der Waals surface area contributed by atoms with Gasteiger partial charge in [0.05, 0.1) is 23.4 Å². The molecule has 3 aromatic rings. The SMILES string of the molecule is Nc1cc(Nc2nccc3nc(N4CCC5(CC4)OCCO5)sc23)ncn1. The maximum Gasteiger partial charge on any atom is 0.186 e. The molecule has 140 valence electrons. The van der Waals surface area contributed by atoms with Crippen molar-refractivity contribution in [3.63, 3.8) is 0 Å². The van der Waals surface area contributed by atoms with Crippen molar-refractivity contribution in [2.75, 3.05) is 42.3 Å². The van der Waals surface area contributed by atoms with E-state index in [-0.39, 0.29) is 5.79 Å². The van der Waals surface area contributed by atoms with Crippen molar-refractivity contribution < 1.29 is 9.47 Å². The van der Waals surface area contributed by atoms with Crippen molar-refractivity contribution in [1.82, 2.24) is 19.9 Å². The number of hydrogen-bond donors (Lipinski definition) is 2. The van der Waals surface area contributed by atoms with E-state index in [1.807, 2.05) is 6.07 Å². The minimum Gasteiger partial charge on any atom is -0.384 e. The lowest BCUT2D eigenvalue weighted by molar-refractivity contribution is -0.169. The zero-order valence-electron chi connectivity index (χ0n) is 14.6. The maximum absolute atomic E-state index is 5.81. The number of fused-ring (bicyclic) bond motifs is 1. The van der Waals surface area contributed by atoms with Gasteiger partial charge in [0.2, 0.25) is 0 Å². The molecule has 0 amide bonds. The zero-order chi connectivity index (χ0) is 18.3. The van der Waals surface area contributed by atoms with Gasteiger partial charge < -0.3 is 25.4 Å². The Morgan fingerprint density at radius 1 is 1.15 bits per heavy atom. The molecule has 2 fully saturated rings. The van der Waals surface area contributed by atoms with Gasteiger partial charge in [0, 0.05) is 38.2 Å². The van der Waals surface area contributed by atoms with Crippen molar-refractivity contribution >= 4 is 44.1 Å². The number of nitrogens with two attached hydrogens (primary N) is 1. The second-order valence-corrected chi connectivity index (χ2v) is 7.53. The summed E-state index contributed by atoms with van der Waals surface area (Å²) >= 11 is 1.62. The molecule has 0 bridgehead atoms. The number of pyridine rings is 1. The van der Waals surface area contributed by atoms with Gasteiger partial charge in [0.15, 0.2) is 16.7 Å². The molecule has 9 nitrogen and oxygen atoms in total. The molecule has 1 spiro atoms. The fourth-order valence-electron chi connectivity index (χ4n) is 3.45. The van der Waals surface area contributed by atoms with Crippen molar-refractivity contribution in [2.45, 2.75) is 18.6 Å². The quantitative estimate of drug-likeness (QED) is 0.700. The molecule has 3 N–H and O–H groups in total. The van der Waals surface area contributed by atoms with Gasteiger partial charge >= 0.3 is 0 Å². The van der Waals surface area contributed by atoms with Crippen LogP contribution in [0.25, 0.3) is 10.2 Å². The average Bonchev–Trinajstić information content (AvgIpc) is 3.30. The molecule has 0 saturated carbocycles. The third-order valence-corrected chi connectivity index (χ3v) is 5.98. The van der Waals surface area contributed by atoms with Crippen LogP contribution in [0, 0.1) is 0 Å². The summed E-state index contributed by atoms with van der Waals surface area (Å²) < 4.78 is 12.6. The summed E-state index contributed by atoms with van der Waals surface area (Å²) in [6.07, 6.45) is 4.87. The molecule has 0 unspecified atom stereocenters. The lowest BCUT2D eigenvalue weighted by atomic mass is 10.0. The molecule has 10 heteroatoms. The predicted octanol–water partition coefficient (Wildman–Crippen LogP) is 2.15. The molecular formula is C17H19N7O2S. The Kier molecular flexibility index (Phi) is 4.03. The van der Waals surface area contributed by atoms with Gasteiger partial charge in [-0.05, 0) is 6.07 Å². The number of ether oxygens (including phenoxy) is 2. The van der Waals surface area contributed by atoms with Crippen molar-refractivity contribution in [1.29, 1.82) is 0 Å². The number of nitrogens with one attached hydrogen (secondary N) is 1. The molecule has 2 aliphatic heterocycles. The first kappa shape index (κ1) is 16.6. The molecule has 5 rings (SSSR count). The average molecular weight is 385 g/mol. The Hall–Kier alpha value is -2.56. The van der Waals surface area contributed by atoms with Gasteiger partial charge in [0.25, 0.3) is 0 Å². The van der Waals surface area contributed by atoms with Gasteiger partial charge in [-0.15, -0.1) is 0 Å². The van der Waals surface area contributed by atoms with Gasteiger partial charge in [0.1, 0.15) is 18.0 Å². The maximum atomic E-state index is 5.81. The molecule has 0 radical (unpaired) electrons. The van der Waals surface area contributed by atoms with Crippen LogP contribution < -0.4 is 16.0 Å². The summed E-state index contributed by atoms with van der Waals surface area (Å²) in [6, 6.07) is 3.59. The number of hydrogen-bond acceptors (Lipinski definition) is 10. The summed E-state index contributed by atoms with van der Waals surface area (Å²) in [5.74, 6) is 1.34. The Labute approximate surface area is 159 Å². The molecule has 3 aromatic heterocycles. The molecule has 27 heavy (non-hydrogen) atoms. The van der Waals surface area contributed by atoms with Crippen LogP contribution in [0.2, 0.25) is 0 Å². The molecular weight excluding hydrogens is 366 g/mol. The number of piperidine rings is 1. The van der Waals surface area contributed by atoms with E-state index in [1.165, 1.54) is 6.33 Å². The summed E-state index contributed by atoms with van der Waals surface area (Å²) in [6.45, 7) is 3.10. The van der Waals surface area contributed by atoms with Crippen LogP contribution in [0.1, 0.15) is 12.8 Å². The Balaban J connectivity index is 1.39. The highest BCUT2D eigenvalue weighted by Gasteiger charge is 2.40. The zero-order valence-corrected chi connectivity index (χ0v) is 15.4. The minimum absolute atomic E-state index is 0.381. The first-order valence-electron chi connectivity index (χ1n) is 8.84. The number of nitrogens with zero attached hydrogens (tertiary/aromatic N) is 5. The number of nitrogen functional groups attached to an aromatic ring is 1. The Bertz CT molecular complexity index is 963. The van der Waals surface area contributed by atoms with E-state index in [0.29, 0.717) is 30.7 Å². The number of aromatic nitrogens is 4. The van der Waals surface area contributed by atoms with Crippen LogP contribution in [0.15, 0.2) is 24.7 Å². The van der Waals surface area contributed by atoms with Crippen LogP contribution in [-0.4, -0.2) is 52.0 Å². The molecule has 0 aromatic carbocycles. The van der Waals surface area contributed by atoms with Crippen LogP contribution in [0.3, 0.4) is 0 Å². The van der Waals surface area contributed by atoms with Crippen molar-refractivity contribution in [2.24, 2.45) is 0 Å². The van der Waals surface area contributed by atoms with Crippen LogP contribution in [0.4, 0.5) is 22.6 Å². The summed E-state index contributed by atoms with van der Waals surface area (Å²) in [7, 11) is 0. The second kappa shape index (κ2) is 6.55. The van der Waals surface area contributed by atoms with E-state index in [0.717, 1.165) is 41.3 Å². The molecule has 0 aliphatic carbocycles. The second-order valence-electron chi connectivity index (χ2n) is 6.55. The van der Waals surface area contributed by atoms with E-state index in [2.05, 4.69) is 25.2 Å². The topological polar surface area (TPSA) is 111 Å². The molecule has 0 atom stereocenters. The third kappa shape index (κ3) is 3.15.